The zero-order chi connectivity index (χ0) is 17.4. The summed E-state index contributed by atoms with van der Waals surface area (Å²) in [4.78, 5) is 19.2. The SMILES string of the molecule is Cn1ccnc1C(=O)N1CC[C@@](O)(c2ccccc2)[C@@H]2CCCC[C@@H]21. The van der Waals surface area contributed by atoms with Crippen LogP contribution >= 0.6 is 0 Å². The summed E-state index contributed by atoms with van der Waals surface area (Å²) in [5.74, 6) is 0.551. The molecule has 4 rings (SSSR count). The Morgan fingerprint density at radius 1 is 1.24 bits per heavy atom. The van der Waals surface area contributed by atoms with Gasteiger partial charge in [0.1, 0.15) is 0 Å². The van der Waals surface area contributed by atoms with Gasteiger partial charge in [-0.05, 0) is 24.8 Å². The first-order chi connectivity index (χ1) is 12.1. The summed E-state index contributed by atoms with van der Waals surface area (Å²) in [6.45, 7) is 0.568. The fourth-order valence-electron chi connectivity index (χ4n) is 4.72. The van der Waals surface area contributed by atoms with Gasteiger partial charge >= 0.3 is 0 Å². The summed E-state index contributed by atoms with van der Waals surface area (Å²) in [5, 5.41) is 11.6. The molecule has 2 aliphatic rings. The maximum absolute atomic E-state index is 13.0. The van der Waals surface area contributed by atoms with Gasteiger partial charge in [0.25, 0.3) is 5.91 Å². The van der Waals surface area contributed by atoms with Crippen LogP contribution in [0.25, 0.3) is 0 Å². The van der Waals surface area contributed by atoms with Gasteiger partial charge in [0.05, 0.1) is 5.60 Å². The zero-order valence-electron chi connectivity index (χ0n) is 14.6. The van der Waals surface area contributed by atoms with E-state index >= 15 is 0 Å². The number of rotatable bonds is 2. The van der Waals surface area contributed by atoms with Gasteiger partial charge in [-0.3, -0.25) is 4.79 Å². The number of aryl methyl sites for hydroxylation is 1. The van der Waals surface area contributed by atoms with Crippen LogP contribution in [0.15, 0.2) is 42.7 Å². The Morgan fingerprint density at radius 3 is 2.72 bits per heavy atom. The molecule has 0 unspecified atom stereocenters. The monoisotopic (exact) mass is 339 g/mol. The van der Waals surface area contributed by atoms with E-state index in [1.165, 1.54) is 0 Å². The molecule has 1 N–H and O–H groups in total. The van der Waals surface area contributed by atoms with Crippen LogP contribution in [0.3, 0.4) is 0 Å². The maximum atomic E-state index is 13.0. The Morgan fingerprint density at radius 2 is 2.00 bits per heavy atom. The molecular weight excluding hydrogens is 314 g/mol. The second-order valence-electron chi connectivity index (χ2n) is 7.36. The lowest BCUT2D eigenvalue weighted by molar-refractivity contribution is -0.110. The summed E-state index contributed by atoms with van der Waals surface area (Å²) in [6.07, 6.45) is 8.17. The number of hydrogen-bond acceptors (Lipinski definition) is 3. The van der Waals surface area contributed by atoms with E-state index in [2.05, 4.69) is 4.98 Å². The maximum Gasteiger partial charge on any atom is 0.290 e. The Hall–Kier alpha value is -2.14. The van der Waals surface area contributed by atoms with Crippen molar-refractivity contribution in [3.8, 4) is 0 Å². The van der Waals surface area contributed by atoms with E-state index in [0.717, 1.165) is 31.2 Å². The lowest BCUT2D eigenvalue weighted by Gasteiger charge is -2.52. The molecule has 3 atom stereocenters. The van der Waals surface area contributed by atoms with Crippen LogP contribution in [0.1, 0.15) is 48.3 Å². The Labute approximate surface area is 148 Å². The molecule has 1 aromatic carbocycles. The number of aliphatic hydroxyl groups is 1. The van der Waals surface area contributed by atoms with Crippen molar-refractivity contribution in [2.45, 2.75) is 43.7 Å². The van der Waals surface area contributed by atoms with Gasteiger partial charge in [0.15, 0.2) is 5.82 Å². The minimum atomic E-state index is -0.842. The molecule has 2 fully saturated rings. The van der Waals surface area contributed by atoms with E-state index in [0.29, 0.717) is 18.8 Å². The van der Waals surface area contributed by atoms with Crippen molar-refractivity contribution in [3.05, 3.63) is 54.1 Å². The highest BCUT2D eigenvalue weighted by Gasteiger charge is 2.50. The number of fused-ring (bicyclic) bond motifs is 1. The van der Waals surface area contributed by atoms with Crippen LogP contribution in [0.2, 0.25) is 0 Å². The number of aromatic nitrogens is 2. The molecule has 0 bridgehead atoms. The predicted octanol–water partition coefficient (Wildman–Crippen LogP) is 2.71. The second-order valence-corrected chi connectivity index (χ2v) is 7.36. The molecule has 1 aliphatic carbocycles. The van der Waals surface area contributed by atoms with Crippen LogP contribution in [-0.4, -0.2) is 38.1 Å². The molecule has 132 valence electrons. The molecule has 25 heavy (non-hydrogen) atoms. The minimum Gasteiger partial charge on any atom is -0.385 e. The van der Waals surface area contributed by atoms with E-state index in [1.54, 1.807) is 17.0 Å². The number of nitrogens with zero attached hydrogens (tertiary/aromatic N) is 3. The van der Waals surface area contributed by atoms with Crippen LogP contribution in [-0.2, 0) is 12.6 Å². The number of benzene rings is 1. The Kier molecular flexibility index (Phi) is 4.12. The van der Waals surface area contributed by atoms with Crippen molar-refractivity contribution in [1.82, 2.24) is 14.5 Å². The fraction of sp³-hybridized carbons (Fsp3) is 0.500. The van der Waals surface area contributed by atoms with Crippen molar-refractivity contribution in [2.24, 2.45) is 13.0 Å². The van der Waals surface area contributed by atoms with E-state index in [4.69, 9.17) is 0 Å². The summed E-state index contributed by atoms with van der Waals surface area (Å²) >= 11 is 0. The zero-order valence-corrected chi connectivity index (χ0v) is 14.6. The first-order valence-corrected chi connectivity index (χ1v) is 9.17. The molecule has 1 aromatic heterocycles. The highest BCUT2D eigenvalue weighted by molar-refractivity contribution is 5.91. The molecule has 5 nitrogen and oxygen atoms in total. The summed E-state index contributed by atoms with van der Waals surface area (Å²) in [6, 6.07) is 10.1. The minimum absolute atomic E-state index is 0.0143. The third kappa shape index (κ3) is 2.67. The average molecular weight is 339 g/mol. The largest absolute Gasteiger partial charge is 0.385 e. The van der Waals surface area contributed by atoms with Crippen molar-refractivity contribution in [2.75, 3.05) is 6.54 Å². The van der Waals surface area contributed by atoms with Gasteiger partial charge in [0, 0.05) is 37.9 Å². The topological polar surface area (TPSA) is 58.4 Å². The number of hydrogen-bond donors (Lipinski definition) is 1. The van der Waals surface area contributed by atoms with Crippen LogP contribution in [0, 0.1) is 5.92 Å². The van der Waals surface area contributed by atoms with Gasteiger partial charge in [-0.2, -0.15) is 0 Å². The van der Waals surface area contributed by atoms with Crippen LogP contribution in [0.4, 0.5) is 0 Å². The van der Waals surface area contributed by atoms with Gasteiger partial charge < -0.3 is 14.6 Å². The second kappa shape index (κ2) is 6.30. The van der Waals surface area contributed by atoms with E-state index in [9.17, 15) is 9.90 Å². The van der Waals surface area contributed by atoms with E-state index < -0.39 is 5.60 Å². The highest BCUT2D eigenvalue weighted by Crippen LogP contribution is 2.47. The van der Waals surface area contributed by atoms with Crippen molar-refractivity contribution in [1.29, 1.82) is 0 Å². The third-order valence-electron chi connectivity index (χ3n) is 6.02. The predicted molar refractivity (Wildman–Crippen MR) is 94.9 cm³/mol. The highest BCUT2D eigenvalue weighted by atomic mass is 16.3. The standard InChI is InChI=1S/C20H25N3O2/c1-22-14-12-21-18(22)19(24)23-13-11-20(25,15-7-3-2-4-8-15)16-9-5-6-10-17(16)23/h2-4,7-8,12,14,16-17,25H,5-6,9-11,13H2,1H3/t16-,17+,20-/m1/s1. The summed E-state index contributed by atoms with van der Waals surface area (Å²) in [7, 11) is 1.85. The number of amides is 1. The quantitative estimate of drug-likeness (QED) is 0.915. The number of likely N-dealkylation sites (tertiary alicyclic amines) is 1. The van der Waals surface area contributed by atoms with Crippen LogP contribution < -0.4 is 0 Å². The van der Waals surface area contributed by atoms with Crippen LogP contribution in [0.5, 0.6) is 0 Å². The molecule has 1 saturated carbocycles. The first kappa shape index (κ1) is 16.3. The fourth-order valence-corrected chi connectivity index (χ4v) is 4.72. The average Bonchev–Trinajstić information content (AvgIpc) is 3.08. The number of imidazole rings is 1. The Balaban J connectivity index is 1.67. The molecule has 1 aliphatic heterocycles. The van der Waals surface area contributed by atoms with Gasteiger partial charge in [-0.25, -0.2) is 4.98 Å². The number of carbonyl (C=O) groups is 1. The molecule has 0 spiro atoms. The molecule has 2 aromatic rings. The molecule has 5 heteroatoms. The lowest BCUT2D eigenvalue weighted by atomic mass is 9.66. The molecule has 2 heterocycles. The van der Waals surface area contributed by atoms with Gasteiger partial charge in [0.2, 0.25) is 0 Å². The molecule has 0 radical (unpaired) electrons. The Bertz CT molecular complexity index is 757. The van der Waals surface area contributed by atoms with E-state index in [1.807, 2.05) is 42.3 Å². The lowest BCUT2D eigenvalue weighted by Crippen LogP contribution is -2.59. The number of carbonyl (C=O) groups excluding carboxylic acids is 1. The normalized spacial score (nSPS) is 29.3. The molecule has 1 saturated heterocycles. The summed E-state index contributed by atoms with van der Waals surface area (Å²) < 4.78 is 1.78. The van der Waals surface area contributed by atoms with Gasteiger partial charge in [-0.1, -0.05) is 43.2 Å². The third-order valence-corrected chi connectivity index (χ3v) is 6.02. The van der Waals surface area contributed by atoms with Gasteiger partial charge in [-0.15, -0.1) is 0 Å². The van der Waals surface area contributed by atoms with Crippen molar-refractivity contribution < 1.29 is 9.90 Å². The summed E-state index contributed by atoms with van der Waals surface area (Å²) in [5.41, 5.74) is 0.140. The smallest absolute Gasteiger partial charge is 0.290 e. The van der Waals surface area contributed by atoms with Crippen molar-refractivity contribution in [3.63, 3.8) is 0 Å². The molecular formula is C20H25N3O2. The number of piperidine rings is 1. The van der Waals surface area contributed by atoms with E-state index in [-0.39, 0.29) is 17.9 Å². The molecule has 1 amide bonds. The first-order valence-electron chi connectivity index (χ1n) is 9.17. The van der Waals surface area contributed by atoms with Crippen molar-refractivity contribution >= 4 is 5.91 Å².